The lowest BCUT2D eigenvalue weighted by Crippen LogP contribution is -2.55. The topological polar surface area (TPSA) is 132 Å². The quantitative estimate of drug-likeness (QED) is 0.294. The summed E-state index contributed by atoms with van der Waals surface area (Å²) in [4.78, 5) is 40.7. The number of aliphatic hydroxyl groups is 2. The minimum absolute atomic E-state index is 0.0417. The first-order valence-corrected chi connectivity index (χ1v) is 16.1. The van der Waals surface area contributed by atoms with Crippen molar-refractivity contribution >= 4 is 45.7 Å². The van der Waals surface area contributed by atoms with Crippen LogP contribution >= 0.6 is 27.7 Å². The van der Waals surface area contributed by atoms with Crippen molar-refractivity contribution in [2.45, 2.75) is 90.2 Å². The maximum absolute atomic E-state index is 13.5. The van der Waals surface area contributed by atoms with Crippen molar-refractivity contribution in [2.75, 3.05) is 32.2 Å². The summed E-state index contributed by atoms with van der Waals surface area (Å²) >= 11 is 5.08. The Labute approximate surface area is 259 Å². The number of halogens is 1. The Morgan fingerprint density at radius 2 is 1.79 bits per heavy atom. The van der Waals surface area contributed by atoms with Gasteiger partial charge in [0, 0.05) is 36.0 Å². The average Bonchev–Trinajstić information content (AvgIpc) is 3.15. The summed E-state index contributed by atoms with van der Waals surface area (Å²) in [6.45, 7) is 11.7. The number of Topliss-reactive ketones (excluding diaryl/α,β-unsaturated/α-hetero) is 1. The van der Waals surface area contributed by atoms with Gasteiger partial charge in [0.05, 0.1) is 37.9 Å². The fourth-order valence-electron chi connectivity index (χ4n) is 5.87. The van der Waals surface area contributed by atoms with Crippen LogP contribution in [0.25, 0.3) is 0 Å². The third-order valence-corrected chi connectivity index (χ3v) is 9.78. The minimum atomic E-state index is -0.877. The number of ketones is 1. The van der Waals surface area contributed by atoms with Crippen molar-refractivity contribution in [3.63, 3.8) is 0 Å². The van der Waals surface area contributed by atoms with E-state index in [-0.39, 0.29) is 73.4 Å². The van der Waals surface area contributed by atoms with Crippen LogP contribution in [0.2, 0.25) is 0 Å². The Bertz CT molecular complexity index is 1210. The second-order valence-corrected chi connectivity index (χ2v) is 15.8. The smallest absolute Gasteiger partial charge is 0.487 e. The molecule has 2 aliphatic heterocycles. The fourth-order valence-corrected chi connectivity index (χ4v) is 7.72. The van der Waals surface area contributed by atoms with Crippen LogP contribution in [0.5, 0.6) is 11.5 Å². The number of ether oxygens (including phenoxy) is 4. The van der Waals surface area contributed by atoms with Crippen molar-refractivity contribution in [3.8, 4) is 11.5 Å². The van der Waals surface area contributed by atoms with Crippen LogP contribution in [0.1, 0.15) is 71.9 Å². The predicted octanol–water partition coefficient (Wildman–Crippen LogP) is 5.22. The number of aliphatic hydroxyl groups excluding tert-OH is 2. The monoisotopic (exact) mass is 671 g/mol. The normalized spacial score (nSPS) is 25.2. The van der Waals surface area contributed by atoms with Gasteiger partial charge in [-0.3, -0.25) is 9.69 Å². The molecule has 3 aliphatic rings. The number of hydrogen-bond donors (Lipinski definition) is 2. The lowest BCUT2D eigenvalue weighted by molar-refractivity contribution is -0.124. The minimum Gasteiger partial charge on any atom is -0.487 e. The highest BCUT2D eigenvalue weighted by molar-refractivity contribution is 9.10. The summed E-state index contributed by atoms with van der Waals surface area (Å²) in [5.41, 5.74) is 0.217. The van der Waals surface area contributed by atoms with E-state index in [1.807, 2.05) is 41.5 Å². The highest BCUT2D eigenvalue weighted by Gasteiger charge is 2.61. The Morgan fingerprint density at radius 3 is 2.40 bits per heavy atom. The van der Waals surface area contributed by atoms with Gasteiger partial charge in [-0.2, -0.15) is 11.8 Å². The summed E-state index contributed by atoms with van der Waals surface area (Å²) < 4.78 is 23.6. The van der Waals surface area contributed by atoms with Crippen molar-refractivity contribution in [2.24, 2.45) is 10.8 Å². The number of thioether (sulfide) groups is 1. The van der Waals surface area contributed by atoms with Gasteiger partial charge in [-0.15, -0.1) is 0 Å². The van der Waals surface area contributed by atoms with Crippen LogP contribution in [0.15, 0.2) is 10.5 Å². The largest absolute Gasteiger partial charge is 0.513 e. The van der Waals surface area contributed by atoms with Crippen LogP contribution in [-0.2, 0) is 26.2 Å². The van der Waals surface area contributed by atoms with Crippen molar-refractivity contribution in [1.29, 1.82) is 0 Å². The summed E-state index contributed by atoms with van der Waals surface area (Å²) in [7, 11) is 0. The molecule has 1 fully saturated rings. The maximum Gasteiger partial charge on any atom is 0.513 e. The lowest BCUT2D eigenvalue weighted by Gasteiger charge is -2.45. The molecule has 1 spiro atoms. The first-order valence-electron chi connectivity index (χ1n) is 14.2. The van der Waals surface area contributed by atoms with E-state index < -0.39 is 29.8 Å². The Hall–Kier alpha value is -2.02. The second kappa shape index (κ2) is 12.5. The van der Waals surface area contributed by atoms with E-state index >= 15 is 0 Å². The molecule has 1 aliphatic carbocycles. The molecule has 0 saturated heterocycles. The highest BCUT2D eigenvalue weighted by Crippen LogP contribution is 2.61. The molecular formula is C30H42BrNO9S. The van der Waals surface area contributed by atoms with E-state index in [2.05, 4.69) is 15.9 Å². The molecule has 12 heteroatoms. The Balaban J connectivity index is 1.83. The number of carbonyl (C=O) groups excluding carboxylic acids is 3. The summed E-state index contributed by atoms with van der Waals surface area (Å²) in [5, 5.41) is 20.0. The van der Waals surface area contributed by atoms with Crippen molar-refractivity contribution < 1.29 is 43.5 Å². The third kappa shape index (κ3) is 6.87. The zero-order valence-corrected chi connectivity index (χ0v) is 27.6. The first kappa shape index (κ1) is 32.9. The van der Waals surface area contributed by atoms with Gasteiger partial charge in [-0.25, -0.2) is 9.59 Å². The fraction of sp³-hybridized carbons (Fsp3) is 0.700. The maximum atomic E-state index is 13.5. The van der Waals surface area contributed by atoms with E-state index in [4.69, 9.17) is 18.9 Å². The molecule has 0 radical (unpaired) electrons. The number of amides is 1. The molecule has 4 rings (SSSR count). The van der Waals surface area contributed by atoms with E-state index in [9.17, 15) is 24.6 Å². The van der Waals surface area contributed by atoms with Gasteiger partial charge in [-0.05, 0) is 44.8 Å². The zero-order valence-electron chi connectivity index (χ0n) is 25.2. The van der Waals surface area contributed by atoms with Gasteiger partial charge in [-0.1, -0.05) is 41.5 Å². The molecule has 42 heavy (non-hydrogen) atoms. The standard InChI is InChI=1S/C30H42BrNO9S/c1-28(2,3)15-38-26(36)32-13-17-9-20(40-27(37)39-16-29(4,5)6)24(31)25-23(17)30(12-18(32)14-34)21(41-25)10-19(35)11-22(30)42-8-7-33/h9,18,21-22,33-34H,7-8,10-16H2,1-6H3/t18-,21+,22+,30?/m0/s1. The second-order valence-electron chi connectivity index (χ2n) is 13.7. The molecule has 4 atom stereocenters. The molecule has 2 heterocycles. The molecular weight excluding hydrogens is 630 g/mol. The predicted molar refractivity (Wildman–Crippen MR) is 161 cm³/mol. The first-order chi connectivity index (χ1) is 19.6. The molecule has 1 amide bonds. The van der Waals surface area contributed by atoms with E-state index in [1.54, 1.807) is 6.07 Å². The molecule has 1 aromatic carbocycles. The Kier molecular flexibility index (Phi) is 9.81. The molecule has 2 N–H and O–H groups in total. The summed E-state index contributed by atoms with van der Waals surface area (Å²) in [5.74, 6) is 1.06. The number of hydrogen-bond acceptors (Lipinski definition) is 10. The lowest BCUT2D eigenvalue weighted by atomic mass is 9.64. The summed E-state index contributed by atoms with van der Waals surface area (Å²) in [6.07, 6.45) is -1.25. The van der Waals surface area contributed by atoms with Gasteiger partial charge in [0.25, 0.3) is 0 Å². The van der Waals surface area contributed by atoms with Gasteiger partial charge < -0.3 is 29.2 Å². The van der Waals surface area contributed by atoms with Crippen molar-refractivity contribution in [3.05, 3.63) is 21.7 Å². The van der Waals surface area contributed by atoms with Crippen LogP contribution in [-0.4, -0.2) is 82.7 Å². The van der Waals surface area contributed by atoms with Gasteiger partial charge in [0.2, 0.25) is 0 Å². The number of carbonyl (C=O) groups is 3. The molecule has 0 aromatic heterocycles. The average molecular weight is 673 g/mol. The molecule has 1 unspecified atom stereocenters. The van der Waals surface area contributed by atoms with Crippen molar-refractivity contribution in [1.82, 2.24) is 4.90 Å². The molecule has 1 saturated carbocycles. The molecule has 10 nitrogen and oxygen atoms in total. The van der Waals surface area contributed by atoms with Gasteiger partial charge in [0.1, 0.15) is 22.1 Å². The van der Waals surface area contributed by atoms with E-state index in [0.29, 0.717) is 28.0 Å². The number of benzene rings is 1. The molecule has 1 aromatic rings. The number of rotatable bonds is 7. The number of nitrogens with zero attached hydrogens (tertiary/aromatic N) is 1. The van der Waals surface area contributed by atoms with Gasteiger partial charge >= 0.3 is 12.2 Å². The third-order valence-electron chi connectivity index (χ3n) is 7.63. The van der Waals surface area contributed by atoms with Crippen LogP contribution < -0.4 is 9.47 Å². The van der Waals surface area contributed by atoms with Crippen LogP contribution in [0.4, 0.5) is 9.59 Å². The highest BCUT2D eigenvalue weighted by atomic mass is 79.9. The zero-order chi connectivity index (χ0) is 31.0. The van der Waals surface area contributed by atoms with E-state index in [1.165, 1.54) is 16.7 Å². The molecule has 0 bridgehead atoms. The molecule has 234 valence electrons. The Morgan fingerprint density at radius 1 is 1.12 bits per heavy atom. The SMILES string of the molecule is CC(C)(C)COC(=O)Oc1cc2c3c(c1Br)O[C@@H]1CC(=O)C[C@@H](SCCO)C31C[C@@H](CO)N(C(=O)OCC(C)(C)C)C2. The summed E-state index contributed by atoms with van der Waals surface area (Å²) in [6, 6.07) is 1.06. The van der Waals surface area contributed by atoms with Crippen LogP contribution in [0, 0.1) is 10.8 Å². The van der Waals surface area contributed by atoms with Gasteiger partial charge in [0.15, 0.2) is 5.75 Å². The van der Waals surface area contributed by atoms with Crippen LogP contribution in [0.3, 0.4) is 0 Å². The van der Waals surface area contributed by atoms with E-state index in [0.717, 1.165) is 5.56 Å².